The summed E-state index contributed by atoms with van der Waals surface area (Å²) < 4.78 is 6.34. The number of ether oxygens (including phenoxy) is 1. The Morgan fingerprint density at radius 1 is 1.42 bits per heavy atom. The molecule has 1 atom stereocenters. The Hall–Kier alpha value is -0.780. The fourth-order valence-electron chi connectivity index (χ4n) is 1.65. The number of nitrogens with one attached hydrogen (secondary N) is 1. The summed E-state index contributed by atoms with van der Waals surface area (Å²) in [5.41, 5.74) is 5.89. The smallest absolute Gasteiger partial charge is 0.257 e. The highest BCUT2D eigenvalue weighted by molar-refractivity contribution is 9.10. The maximum Gasteiger partial charge on any atom is 0.257 e. The largest absolute Gasteiger partial charge is 0.484 e. The van der Waals surface area contributed by atoms with Crippen LogP contribution in [0.25, 0.3) is 0 Å². The highest BCUT2D eigenvalue weighted by atomic mass is 79.9. The van der Waals surface area contributed by atoms with E-state index in [2.05, 4.69) is 21.2 Å². The monoisotopic (exact) mass is 348 g/mol. The number of rotatable bonds is 6. The van der Waals surface area contributed by atoms with Gasteiger partial charge in [-0.2, -0.15) is 0 Å². The van der Waals surface area contributed by atoms with E-state index in [1.807, 2.05) is 24.3 Å². The van der Waals surface area contributed by atoms with Gasteiger partial charge in [-0.3, -0.25) is 4.79 Å². The van der Waals surface area contributed by atoms with Gasteiger partial charge in [0.25, 0.3) is 5.91 Å². The molecule has 0 heterocycles. The Morgan fingerprint density at radius 2 is 2.05 bits per heavy atom. The summed E-state index contributed by atoms with van der Waals surface area (Å²) in [6.07, 6.45) is 2.37. The number of carbonyl (C=O) groups is 1. The summed E-state index contributed by atoms with van der Waals surface area (Å²) in [7, 11) is 0. The lowest BCUT2D eigenvalue weighted by molar-refractivity contribution is -0.123. The van der Waals surface area contributed by atoms with Crippen molar-refractivity contribution in [1.82, 2.24) is 5.32 Å². The van der Waals surface area contributed by atoms with E-state index in [4.69, 9.17) is 10.5 Å². The molecule has 1 aliphatic rings. The summed E-state index contributed by atoms with van der Waals surface area (Å²) in [6.45, 7) is 0.562. The molecule has 1 unspecified atom stereocenters. The SMILES string of the molecule is Cl.NC(CNC(=O)COc1ccc(Br)cc1)C1CC1. The molecule has 1 aromatic carbocycles. The third-order valence-electron chi connectivity index (χ3n) is 2.95. The minimum absolute atomic E-state index is 0. The third kappa shape index (κ3) is 5.80. The van der Waals surface area contributed by atoms with Crippen LogP contribution >= 0.6 is 28.3 Å². The number of halogens is 2. The molecule has 1 fully saturated rings. The van der Waals surface area contributed by atoms with Crippen molar-refractivity contribution in [2.45, 2.75) is 18.9 Å². The summed E-state index contributed by atoms with van der Waals surface area (Å²) in [4.78, 5) is 11.5. The summed E-state index contributed by atoms with van der Waals surface area (Å²) in [6, 6.07) is 7.45. The van der Waals surface area contributed by atoms with Crippen LogP contribution in [0.5, 0.6) is 5.75 Å². The maximum atomic E-state index is 11.5. The zero-order valence-electron chi connectivity index (χ0n) is 10.5. The molecule has 1 saturated carbocycles. The molecular weight excluding hydrogens is 332 g/mol. The van der Waals surface area contributed by atoms with Crippen LogP contribution in [0, 0.1) is 5.92 Å². The zero-order chi connectivity index (χ0) is 13.0. The molecule has 0 bridgehead atoms. The molecule has 6 heteroatoms. The first-order valence-electron chi connectivity index (χ1n) is 6.06. The fraction of sp³-hybridized carbons (Fsp3) is 0.462. The topological polar surface area (TPSA) is 64.3 Å². The predicted octanol–water partition coefficient (Wildman–Crippen LogP) is 2.10. The standard InChI is InChI=1S/C13H17BrN2O2.ClH/c14-10-3-5-11(6-4-10)18-8-13(17)16-7-12(15)9-1-2-9;/h3-6,9,12H,1-2,7-8,15H2,(H,16,17);1H. The van der Waals surface area contributed by atoms with E-state index < -0.39 is 0 Å². The van der Waals surface area contributed by atoms with E-state index in [1.165, 1.54) is 12.8 Å². The molecule has 0 aliphatic heterocycles. The quantitative estimate of drug-likeness (QED) is 0.826. The average Bonchev–Trinajstić information content (AvgIpc) is 3.19. The van der Waals surface area contributed by atoms with Gasteiger partial charge < -0.3 is 15.8 Å². The predicted molar refractivity (Wildman–Crippen MR) is 80.6 cm³/mol. The van der Waals surface area contributed by atoms with Crippen LogP contribution in [-0.2, 0) is 4.79 Å². The normalized spacial score (nSPS) is 15.3. The van der Waals surface area contributed by atoms with E-state index in [0.717, 1.165) is 4.47 Å². The molecule has 3 N–H and O–H groups in total. The lowest BCUT2D eigenvalue weighted by atomic mass is 10.2. The number of carbonyl (C=O) groups excluding carboxylic acids is 1. The molecule has 19 heavy (non-hydrogen) atoms. The molecule has 4 nitrogen and oxygen atoms in total. The van der Waals surface area contributed by atoms with Gasteiger partial charge in [-0.05, 0) is 43.0 Å². The molecule has 106 valence electrons. The Labute approximate surface area is 127 Å². The molecule has 2 rings (SSSR count). The van der Waals surface area contributed by atoms with Gasteiger partial charge in [0.05, 0.1) is 0 Å². The van der Waals surface area contributed by atoms with Crippen molar-refractivity contribution < 1.29 is 9.53 Å². The van der Waals surface area contributed by atoms with E-state index in [1.54, 1.807) is 0 Å². The van der Waals surface area contributed by atoms with Gasteiger partial charge >= 0.3 is 0 Å². The van der Waals surface area contributed by atoms with Gasteiger partial charge in [0.2, 0.25) is 0 Å². The Bertz CT molecular complexity index is 410. The molecule has 0 radical (unpaired) electrons. The minimum atomic E-state index is -0.131. The fourth-order valence-corrected chi connectivity index (χ4v) is 1.92. The average molecular weight is 350 g/mol. The van der Waals surface area contributed by atoms with Crippen LogP contribution in [0.1, 0.15) is 12.8 Å². The zero-order valence-corrected chi connectivity index (χ0v) is 12.9. The highest BCUT2D eigenvalue weighted by Gasteiger charge is 2.28. The minimum Gasteiger partial charge on any atom is -0.484 e. The molecular formula is C13H18BrClN2O2. The van der Waals surface area contributed by atoms with E-state index in [0.29, 0.717) is 18.2 Å². The number of amides is 1. The Morgan fingerprint density at radius 3 is 2.63 bits per heavy atom. The van der Waals surface area contributed by atoms with Crippen molar-refractivity contribution in [3.05, 3.63) is 28.7 Å². The lowest BCUT2D eigenvalue weighted by Crippen LogP contribution is -2.40. The van der Waals surface area contributed by atoms with Crippen molar-refractivity contribution in [3.8, 4) is 5.75 Å². The first-order chi connectivity index (χ1) is 8.65. The van der Waals surface area contributed by atoms with E-state index in [9.17, 15) is 4.79 Å². The molecule has 1 aliphatic carbocycles. The molecule has 1 amide bonds. The van der Waals surface area contributed by atoms with Crippen LogP contribution in [0.3, 0.4) is 0 Å². The van der Waals surface area contributed by atoms with Gasteiger partial charge in [-0.15, -0.1) is 12.4 Å². The summed E-state index contributed by atoms with van der Waals surface area (Å²) in [5.74, 6) is 1.14. The molecule has 0 aromatic heterocycles. The van der Waals surface area contributed by atoms with Crippen molar-refractivity contribution >= 4 is 34.2 Å². The molecule has 1 aromatic rings. The number of benzene rings is 1. The van der Waals surface area contributed by atoms with Crippen LogP contribution in [0.2, 0.25) is 0 Å². The second-order valence-electron chi connectivity index (χ2n) is 4.55. The van der Waals surface area contributed by atoms with Crippen molar-refractivity contribution in [2.24, 2.45) is 11.7 Å². The lowest BCUT2D eigenvalue weighted by Gasteiger charge is -2.12. The van der Waals surface area contributed by atoms with E-state index >= 15 is 0 Å². The maximum absolute atomic E-state index is 11.5. The number of hydrogen-bond donors (Lipinski definition) is 2. The number of hydrogen-bond acceptors (Lipinski definition) is 3. The summed E-state index contributed by atoms with van der Waals surface area (Å²) in [5, 5.41) is 2.79. The van der Waals surface area contributed by atoms with E-state index in [-0.39, 0.29) is 31.0 Å². The van der Waals surface area contributed by atoms with Crippen molar-refractivity contribution in [3.63, 3.8) is 0 Å². The molecule has 0 saturated heterocycles. The molecule has 0 spiro atoms. The Balaban J connectivity index is 0.00000180. The number of nitrogens with two attached hydrogens (primary N) is 1. The summed E-state index contributed by atoms with van der Waals surface area (Å²) >= 11 is 3.34. The van der Waals surface area contributed by atoms with Gasteiger partial charge in [0.1, 0.15) is 5.75 Å². The second-order valence-corrected chi connectivity index (χ2v) is 5.46. The van der Waals surface area contributed by atoms with Gasteiger partial charge in [-0.1, -0.05) is 15.9 Å². The second kappa shape index (κ2) is 7.72. The van der Waals surface area contributed by atoms with Crippen LogP contribution in [0.4, 0.5) is 0 Å². The first-order valence-corrected chi connectivity index (χ1v) is 6.85. The highest BCUT2D eigenvalue weighted by Crippen LogP contribution is 2.31. The van der Waals surface area contributed by atoms with Crippen LogP contribution < -0.4 is 15.8 Å². The van der Waals surface area contributed by atoms with Crippen LogP contribution in [-0.4, -0.2) is 25.1 Å². The Kier molecular flexibility index (Phi) is 6.62. The van der Waals surface area contributed by atoms with Crippen LogP contribution in [0.15, 0.2) is 28.7 Å². The third-order valence-corrected chi connectivity index (χ3v) is 3.47. The van der Waals surface area contributed by atoms with Crippen molar-refractivity contribution in [1.29, 1.82) is 0 Å². The van der Waals surface area contributed by atoms with Crippen molar-refractivity contribution in [2.75, 3.05) is 13.2 Å². The van der Waals surface area contributed by atoms with Gasteiger partial charge in [0, 0.05) is 17.1 Å². The first kappa shape index (κ1) is 16.3. The van der Waals surface area contributed by atoms with Gasteiger partial charge in [-0.25, -0.2) is 0 Å². The van der Waals surface area contributed by atoms with Gasteiger partial charge in [0.15, 0.2) is 6.61 Å².